The highest BCUT2D eigenvalue weighted by molar-refractivity contribution is 5.96. The summed E-state index contributed by atoms with van der Waals surface area (Å²) in [6, 6.07) is 13.9. The molecule has 1 aliphatic carbocycles. The zero-order valence-electron chi connectivity index (χ0n) is 13.4. The number of anilines is 1. The maximum atomic E-state index is 12.6. The van der Waals surface area contributed by atoms with E-state index in [9.17, 15) is 4.79 Å². The number of nitrogens with one attached hydrogen (secondary N) is 1. The maximum absolute atomic E-state index is 12.6. The zero-order valence-corrected chi connectivity index (χ0v) is 13.4. The minimum atomic E-state index is 0.0318. The van der Waals surface area contributed by atoms with Crippen molar-refractivity contribution in [1.82, 2.24) is 14.5 Å². The minimum Gasteiger partial charge on any atom is -0.323 e. The normalized spacial score (nSPS) is 19.0. The second-order valence-electron chi connectivity index (χ2n) is 6.07. The summed E-state index contributed by atoms with van der Waals surface area (Å²) in [6.07, 6.45) is 6.18. The van der Waals surface area contributed by atoms with Gasteiger partial charge in [0.25, 0.3) is 0 Å². The number of hydrogen-bond acceptors (Lipinski definition) is 3. The lowest BCUT2D eigenvalue weighted by Gasteiger charge is -2.11. The molecule has 0 saturated heterocycles. The van der Waals surface area contributed by atoms with Gasteiger partial charge in [0.15, 0.2) is 5.82 Å². The van der Waals surface area contributed by atoms with Crippen LogP contribution < -0.4 is 5.32 Å². The van der Waals surface area contributed by atoms with Crippen molar-refractivity contribution < 1.29 is 4.79 Å². The summed E-state index contributed by atoms with van der Waals surface area (Å²) in [6.45, 7) is 1.91. The van der Waals surface area contributed by atoms with E-state index in [2.05, 4.69) is 27.4 Å². The fourth-order valence-corrected chi connectivity index (χ4v) is 3.07. The summed E-state index contributed by atoms with van der Waals surface area (Å²) in [5, 5.41) is 3.04. The van der Waals surface area contributed by atoms with Gasteiger partial charge in [-0.15, -0.1) is 0 Å². The molecule has 0 spiro atoms. The van der Waals surface area contributed by atoms with E-state index in [0.29, 0.717) is 17.4 Å². The quantitative estimate of drug-likeness (QED) is 0.803. The number of pyridine rings is 1. The summed E-state index contributed by atoms with van der Waals surface area (Å²) in [4.78, 5) is 21.2. The van der Waals surface area contributed by atoms with Gasteiger partial charge in [-0.1, -0.05) is 30.3 Å². The summed E-state index contributed by atoms with van der Waals surface area (Å²) >= 11 is 0. The standard InChI is InChI=1S/C19H18N4O/c1-13-20-10-11-23(13)18-17(8-5-9-21-18)22-19(24)16-12-15(16)14-6-3-2-4-7-14/h2-11,15-16H,12H2,1H3,(H,22,24)/t15-,16-/m0/s1. The Labute approximate surface area is 140 Å². The molecule has 1 amide bonds. The number of nitrogens with zero attached hydrogens (tertiary/aromatic N) is 3. The molecule has 5 nitrogen and oxygen atoms in total. The first kappa shape index (κ1) is 14.6. The van der Waals surface area contributed by atoms with Gasteiger partial charge in [-0.2, -0.15) is 0 Å². The van der Waals surface area contributed by atoms with Crippen molar-refractivity contribution in [3.8, 4) is 5.82 Å². The van der Waals surface area contributed by atoms with E-state index < -0.39 is 0 Å². The van der Waals surface area contributed by atoms with Crippen molar-refractivity contribution in [2.75, 3.05) is 5.32 Å². The molecule has 4 rings (SSSR count). The van der Waals surface area contributed by atoms with Crippen LogP contribution in [0.4, 0.5) is 5.69 Å². The molecule has 1 aromatic carbocycles. The molecule has 0 radical (unpaired) electrons. The van der Waals surface area contributed by atoms with Crippen LogP contribution in [0.2, 0.25) is 0 Å². The highest BCUT2D eigenvalue weighted by Crippen LogP contribution is 2.48. The number of aryl methyl sites for hydroxylation is 1. The SMILES string of the molecule is Cc1nccn1-c1ncccc1NC(=O)[C@H]1C[C@H]1c1ccccc1. The van der Waals surface area contributed by atoms with E-state index in [1.165, 1.54) is 5.56 Å². The fourth-order valence-electron chi connectivity index (χ4n) is 3.07. The zero-order chi connectivity index (χ0) is 16.5. The predicted molar refractivity (Wildman–Crippen MR) is 92.0 cm³/mol. The molecule has 1 saturated carbocycles. The van der Waals surface area contributed by atoms with E-state index >= 15 is 0 Å². The van der Waals surface area contributed by atoms with Crippen LogP contribution in [-0.2, 0) is 4.79 Å². The molecule has 1 fully saturated rings. The minimum absolute atomic E-state index is 0.0318. The van der Waals surface area contributed by atoms with Gasteiger partial charge in [-0.25, -0.2) is 9.97 Å². The van der Waals surface area contributed by atoms with Crippen molar-refractivity contribution in [3.05, 3.63) is 72.4 Å². The van der Waals surface area contributed by atoms with Gasteiger partial charge in [0.1, 0.15) is 5.82 Å². The molecule has 1 aliphatic rings. The van der Waals surface area contributed by atoms with Crippen molar-refractivity contribution in [2.45, 2.75) is 19.3 Å². The molecule has 2 aromatic heterocycles. The Hall–Kier alpha value is -2.95. The monoisotopic (exact) mass is 318 g/mol. The van der Waals surface area contributed by atoms with Gasteiger partial charge in [-0.05, 0) is 37.0 Å². The average Bonchev–Trinajstić information content (AvgIpc) is 3.31. The molecular weight excluding hydrogens is 300 g/mol. The molecule has 0 bridgehead atoms. The van der Waals surface area contributed by atoms with Crippen LogP contribution in [0.5, 0.6) is 0 Å². The molecule has 5 heteroatoms. The Morgan fingerprint density at radius 1 is 1.12 bits per heavy atom. The van der Waals surface area contributed by atoms with Gasteiger partial charge in [0.05, 0.1) is 5.69 Å². The molecule has 2 heterocycles. The Kier molecular flexibility index (Phi) is 3.61. The van der Waals surface area contributed by atoms with E-state index in [1.54, 1.807) is 12.4 Å². The van der Waals surface area contributed by atoms with Crippen LogP contribution >= 0.6 is 0 Å². The topological polar surface area (TPSA) is 59.8 Å². The highest BCUT2D eigenvalue weighted by Gasteiger charge is 2.44. The smallest absolute Gasteiger partial charge is 0.228 e. The van der Waals surface area contributed by atoms with Crippen LogP contribution in [0.1, 0.15) is 23.7 Å². The molecule has 2 atom stereocenters. The highest BCUT2D eigenvalue weighted by atomic mass is 16.2. The van der Waals surface area contributed by atoms with Gasteiger partial charge in [0.2, 0.25) is 5.91 Å². The Morgan fingerprint density at radius 3 is 2.71 bits per heavy atom. The van der Waals surface area contributed by atoms with Gasteiger partial charge in [-0.3, -0.25) is 9.36 Å². The van der Waals surface area contributed by atoms with Gasteiger partial charge < -0.3 is 5.32 Å². The van der Waals surface area contributed by atoms with Gasteiger partial charge in [0, 0.05) is 24.5 Å². The Morgan fingerprint density at radius 2 is 1.96 bits per heavy atom. The first-order chi connectivity index (χ1) is 11.7. The summed E-state index contributed by atoms with van der Waals surface area (Å²) in [7, 11) is 0. The second-order valence-corrected chi connectivity index (χ2v) is 6.07. The molecular formula is C19H18N4O. The van der Waals surface area contributed by atoms with Crippen LogP contribution in [0.15, 0.2) is 61.1 Å². The summed E-state index contributed by atoms with van der Waals surface area (Å²) in [5.74, 6) is 1.93. The number of carbonyl (C=O) groups excluding carboxylic acids is 1. The third-order valence-electron chi connectivity index (χ3n) is 4.45. The first-order valence-corrected chi connectivity index (χ1v) is 8.05. The molecule has 0 aliphatic heterocycles. The molecule has 1 N–H and O–H groups in total. The van der Waals surface area contributed by atoms with Crippen molar-refractivity contribution in [1.29, 1.82) is 0 Å². The first-order valence-electron chi connectivity index (χ1n) is 8.05. The van der Waals surface area contributed by atoms with Crippen molar-refractivity contribution >= 4 is 11.6 Å². The largest absolute Gasteiger partial charge is 0.323 e. The van der Waals surface area contributed by atoms with Crippen LogP contribution in [-0.4, -0.2) is 20.4 Å². The summed E-state index contributed by atoms with van der Waals surface area (Å²) in [5.41, 5.74) is 1.94. The van der Waals surface area contributed by atoms with E-state index in [0.717, 1.165) is 12.2 Å². The lowest BCUT2D eigenvalue weighted by atomic mass is 10.1. The number of imidazole rings is 1. The second kappa shape index (κ2) is 5.92. The average molecular weight is 318 g/mol. The number of rotatable bonds is 4. The lowest BCUT2D eigenvalue weighted by molar-refractivity contribution is -0.117. The third kappa shape index (κ3) is 2.69. The predicted octanol–water partition coefficient (Wildman–Crippen LogP) is 3.32. The Bertz CT molecular complexity index is 872. The van der Waals surface area contributed by atoms with E-state index in [-0.39, 0.29) is 11.8 Å². The van der Waals surface area contributed by atoms with Crippen LogP contribution in [0.3, 0.4) is 0 Å². The number of aromatic nitrogens is 3. The number of hydrogen-bond donors (Lipinski definition) is 1. The number of carbonyl (C=O) groups is 1. The summed E-state index contributed by atoms with van der Waals surface area (Å²) < 4.78 is 1.87. The maximum Gasteiger partial charge on any atom is 0.228 e. The van der Waals surface area contributed by atoms with E-state index in [4.69, 9.17) is 0 Å². The number of amides is 1. The van der Waals surface area contributed by atoms with Crippen LogP contribution in [0.25, 0.3) is 5.82 Å². The molecule has 120 valence electrons. The molecule has 24 heavy (non-hydrogen) atoms. The molecule has 3 aromatic rings. The van der Waals surface area contributed by atoms with E-state index in [1.807, 2.05) is 48.0 Å². The van der Waals surface area contributed by atoms with Crippen molar-refractivity contribution in [3.63, 3.8) is 0 Å². The molecule has 0 unspecified atom stereocenters. The Balaban J connectivity index is 1.53. The van der Waals surface area contributed by atoms with Crippen LogP contribution in [0, 0.1) is 12.8 Å². The fraction of sp³-hybridized carbons (Fsp3) is 0.211. The van der Waals surface area contributed by atoms with Crippen molar-refractivity contribution in [2.24, 2.45) is 5.92 Å². The lowest BCUT2D eigenvalue weighted by Crippen LogP contribution is -2.17. The third-order valence-corrected chi connectivity index (χ3v) is 4.45. The van der Waals surface area contributed by atoms with Gasteiger partial charge >= 0.3 is 0 Å². The number of benzene rings is 1.